The van der Waals surface area contributed by atoms with Crippen LogP contribution in [0.5, 0.6) is 0 Å². The van der Waals surface area contributed by atoms with Gasteiger partial charge in [0.1, 0.15) is 5.76 Å². The number of aromatic nitrogens is 2. The Morgan fingerprint density at radius 2 is 2.08 bits per heavy atom. The number of urea groups is 1. The highest BCUT2D eigenvalue weighted by Crippen LogP contribution is 2.15. The Balaban J connectivity index is 1.50. The van der Waals surface area contributed by atoms with Crippen molar-refractivity contribution in [3.8, 4) is 0 Å². The van der Waals surface area contributed by atoms with Gasteiger partial charge in [0, 0.05) is 12.5 Å². The molecule has 0 spiro atoms. The summed E-state index contributed by atoms with van der Waals surface area (Å²) in [6.45, 7) is 6.40. The SMILES string of the molecule is CC(C)C(=O)N1CCn2nc(CNC(=O)NCc3ccco3)cc2C1. The van der Waals surface area contributed by atoms with E-state index in [1.165, 1.54) is 0 Å². The van der Waals surface area contributed by atoms with Gasteiger partial charge in [-0.05, 0) is 18.2 Å². The molecule has 1 aliphatic rings. The van der Waals surface area contributed by atoms with E-state index in [9.17, 15) is 9.59 Å². The van der Waals surface area contributed by atoms with Crippen molar-refractivity contribution < 1.29 is 14.0 Å². The number of fused-ring (bicyclic) bond motifs is 1. The molecule has 0 aromatic carbocycles. The zero-order chi connectivity index (χ0) is 17.8. The largest absolute Gasteiger partial charge is 0.467 e. The number of nitrogens with zero attached hydrogens (tertiary/aromatic N) is 3. The molecule has 0 unspecified atom stereocenters. The fourth-order valence-corrected chi connectivity index (χ4v) is 2.78. The molecule has 8 nitrogen and oxygen atoms in total. The molecule has 0 aliphatic carbocycles. The summed E-state index contributed by atoms with van der Waals surface area (Å²) in [6, 6.07) is 5.23. The fourth-order valence-electron chi connectivity index (χ4n) is 2.78. The van der Waals surface area contributed by atoms with Crippen molar-refractivity contribution in [3.05, 3.63) is 41.6 Å². The van der Waals surface area contributed by atoms with E-state index in [1.54, 1.807) is 18.4 Å². The monoisotopic (exact) mass is 345 g/mol. The van der Waals surface area contributed by atoms with Crippen LogP contribution in [0.25, 0.3) is 0 Å². The molecule has 0 atom stereocenters. The molecule has 0 saturated heterocycles. The first-order chi connectivity index (χ1) is 12.0. The van der Waals surface area contributed by atoms with Crippen LogP contribution < -0.4 is 10.6 Å². The van der Waals surface area contributed by atoms with Gasteiger partial charge in [0.15, 0.2) is 0 Å². The van der Waals surface area contributed by atoms with Crippen molar-refractivity contribution in [1.29, 1.82) is 0 Å². The topological polar surface area (TPSA) is 92.4 Å². The third-order valence-corrected chi connectivity index (χ3v) is 4.09. The van der Waals surface area contributed by atoms with Crippen LogP contribution in [0.3, 0.4) is 0 Å². The summed E-state index contributed by atoms with van der Waals surface area (Å²) in [5, 5.41) is 9.98. The summed E-state index contributed by atoms with van der Waals surface area (Å²) in [5.74, 6) is 0.848. The minimum absolute atomic E-state index is 0.00605. The molecular formula is C17H23N5O3. The van der Waals surface area contributed by atoms with Crippen molar-refractivity contribution in [2.75, 3.05) is 6.54 Å². The predicted octanol–water partition coefficient (Wildman–Crippen LogP) is 1.47. The number of amides is 3. The van der Waals surface area contributed by atoms with Crippen LogP contribution in [0, 0.1) is 5.92 Å². The second kappa shape index (κ2) is 7.42. The Morgan fingerprint density at radius 1 is 1.28 bits per heavy atom. The van der Waals surface area contributed by atoms with Crippen molar-refractivity contribution in [2.45, 2.75) is 40.0 Å². The standard InChI is InChI=1S/C17H23N5O3/c1-12(2)16(23)21-5-6-22-14(11-21)8-13(20-22)9-18-17(24)19-10-15-4-3-7-25-15/h3-4,7-8,12H,5-6,9-11H2,1-2H3,(H2,18,19,24). The molecule has 134 valence electrons. The van der Waals surface area contributed by atoms with Gasteiger partial charge in [-0.2, -0.15) is 5.10 Å². The highest BCUT2D eigenvalue weighted by molar-refractivity contribution is 5.78. The third-order valence-electron chi connectivity index (χ3n) is 4.09. The summed E-state index contributed by atoms with van der Waals surface area (Å²) in [4.78, 5) is 25.8. The van der Waals surface area contributed by atoms with Crippen LogP contribution in [0.1, 0.15) is 31.0 Å². The Kier molecular flexibility index (Phi) is 5.06. The lowest BCUT2D eigenvalue weighted by Gasteiger charge is -2.29. The number of rotatable bonds is 5. The van der Waals surface area contributed by atoms with Crippen molar-refractivity contribution >= 4 is 11.9 Å². The lowest BCUT2D eigenvalue weighted by molar-refractivity contribution is -0.136. The first-order valence-electron chi connectivity index (χ1n) is 8.41. The Morgan fingerprint density at radius 3 is 2.80 bits per heavy atom. The molecule has 0 radical (unpaired) electrons. The number of carbonyl (C=O) groups excluding carboxylic acids is 2. The molecule has 25 heavy (non-hydrogen) atoms. The average Bonchev–Trinajstić information content (AvgIpc) is 3.25. The zero-order valence-corrected chi connectivity index (χ0v) is 14.5. The van der Waals surface area contributed by atoms with Gasteiger partial charge in [-0.1, -0.05) is 13.8 Å². The fraction of sp³-hybridized carbons (Fsp3) is 0.471. The molecule has 0 fully saturated rings. The van der Waals surface area contributed by atoms with Crippen LogP contribution in [0.4, 0.5) is 4.79 Å². The van der Waals surface area contributed by atoms with Gasteiger partial charge >= 0.3 is 6.03 Å². The van der Waals surface area contributed by atoms with Gasteiger partial charge < -0.3 is 20.0 Å². The normalized spacial score (nSPS) is 13.6. The molecule has 3 heterocycles. The van der Waals surface area contributed by atoms with Crippen LogP contribution in [0.15, 0.2) is 28.9 Å². The molecule has 3 amide bonds. The highest BCUT2D eigenvalue weighted by Gasteiger charge is 2.23. The highest BCUT2D eigenvalue weighted by atomic mass is 16.3. The van der Waals surface area contributed by atoms with Crippen molar-refractivity contribution in [3.63, 3.8) is 0 Å². The van der Waals surface area contributed by atoms with Crippen LogP contribution in [-0.2, 0) is 31.0 Å². The molecule has 1 aliphatic heterocycles. The van der Waals surface area contributed by atoms with E-state index < -0.39 is 0 Å². The van der Waals surface area contributed by atoms with E-state index in [4.69, 9.17) is 4.42 Å². The Labute approximate surface area is 146 Å². The van der Waals surface area contributed by atoms with Crippen LogP contribution in [0.2, 0.25) is 0 Å². The maximum Gasteiger partial charge on any atom is 0.315 e. The van der Waals surface area contributed by atoms with Crippen molar-refractivity contribution in [1.82, 2.24) is 25.3 Å². The number of carbonyl (C=O) groups is 2. The van der Waals surface area contributed by atoms with E-state index in [0.717, 1.165) is 11.4 Å². The molecule has 2 N–H and O–H groups in total. The van der Waals surface area contributed by atoms with Gasteiger partial charge in [0.2, 0.25) is 5.91 Å². The first kappa shape index (κ1) is 17.1. The van der Waals surface area contributed by atoms with Gasteiger partial charge in [-0.25, -0.2) is 4.79 Å². The summed E-state index contributed by atoms with van der Waals surface area (Å²) in [5.41, 5.74) is 1.77. The summed E-state index contributed by atoms with van der Waals surface area (Å²) < 4.78 is 7.06. The number of furan rings is 1. The summed E-state index contributed by atoms with van der Waals surface area (Å²) in [6.07, 6.45) is 1.57. The van der Waals surface area contributed by atoms with E-state index >= 15 is 0 Å². The number of nitrogens with one attached hydrogen (secondary N) is 2. The van der Waals surface area contributed by atoms with Gasteiger partial charge in [-0.15, -0.1) is 0 Å². The van der Waals surface area contributed by atoms with E-state index in [1.807, 2.05) is 29.5 Å². The Bertz CT molecular complexity index is 736. The number of hydrogen-bond donors (Lipinski definition) is 2. The smallest absolute Gasteiger partial charge is 0.315 e. The van der Waals surface area contributed by atoms with Crippen molar-refractivity contribution in [2.24, 2.45) is 5.92 Å². The second-order valence-corrected chi connectivity index (χ2v) is 6.38. The quantitative estimate of drug-likeness (QED) is 0.858. The molecule has 8 heteroatoms. The van der Waals surface area contributed by atoms with E-state index in [-0.39, 0.29) is 17.9 Å². The average molecular weight is 345 g/mol. The minimum Gasteiger partial charge on any atom is -0.467 e. The molecule has 2 aromatic heterocycles. The van der Waals surface area contributed by atoms with E-state index in [0.29, 0.717) is 38.5 Å². The predicted molar refractivity (Wildman–Crippen MR) is 90.3 cm³/mol. The molecule has 0 saturated carbocycles. The molecule has 0 bridgehead atoms. The molecule has 3 rings (SSSR count). The lowest BCUT2D eigenvalue weighted by Crippen LogP contribution is -2.40. The summed E-state index contributed by atoms with van der Waals surface area (Å²) in [7, 11) is 0. The third kappa shape index (κ3) is 4.20. The van der Waals surface area contributed by atoms with Gasteiger partial charge in [0.25, 0.3) is 0 Å². The first-order valence-corrected chi connectivity index (χ1v) is 8.41. The van der Waals surface area contributed by atoms with Crippen LogP contribution >= 0.6 is 0 Å². The summed E-state index contributed by atoms with van der Waals surface area (Å²) >= 11 is 0. The minimum atomic E-state index is -0.279. The molecule has 2 aromatic rings. The maximum atomic E-state index is 12.1. The Hall–Kier alpha value is -2.77. The van der Waals surface area contributed by atoms with Gasteiger partial charge in [-0.3, -0.25) is 9.48 Å². The zero-order valence-electron chi connectivity index (χ0n) is 14.5. The lowest BCUT2D eigenvalue weighted by atomic mass is 10.1. The maximum absolute atomic E-state index is 12.1. The molecular weight excluding hydrogens is 322 g/mol. The number of hydrogen-bond acceptors (Lipinski definition) is 4. The second-order valence-electron chi connectivity index (χ2n) is 6.38. The van der Waals surface area contributed by atoms with Crippen LogP contribution in [-0.4, -0.2) is 33.2 Å². The van der Waals surface area contributed by atoms with Gasteiger partial charge in [0.05, 0.1) is 43.8 Å². The van der Waals surface area contributed by atoms with E-state index in [2.05, 4.69) is 15.7 Å².